The molecule has 0 saturated heterocycles. The van der Waals surface area contributed by atoms with Gasteiger partial charge in [-0.25, -0.2) is 11.0 Å². The van der Waals surface area contributed by atoms with Crippen molar-refractivity contribution in [2.24, 2.45) is 22.1 Å². The zero-order valence-corrected chi connectivity index (χ0v) is 4.91. The summed E-state index contributed by atoms with van der Waals surface area (Å²) in [7, 11) is 0. The van der Waals surface area contributed by atoms with Crippen LogP contribution in [-0.4, -0.2) is 18.2 Å². The lowest BCUT2D eigenvalue weighted by atomic mass is 10.2. The average Bonchev–Trinajstić information content (AvgIpc) is 1.64. The Labute approximate surface area is 48.3 Å². The first kappa shape index (κ1) is 5.50. The van der Waals surface area contributed by atoms with Crippen molar-refractivity contribution in [1.29, 1.82) is 0 Å². The number of hydrazine groups is 1. The fourth-order valence-corrected chi connectivity index (χ4v) is 0.671. The van der Waals surface area contributed by atoms with Crippen LogP contribution in [0.25, 0.3) is 0 Å². The summed E-state index contributed by atoms with van der Waals surface area (Å²) >= 11 is 0. The first-order valence-electron chi connectivity index (χ1n) is 2.68. The molecule has 0 saturated carbocycles. The predicted octanol–water partition coefficient (Wildman–Crippen LogP) is 0.179. The highest BCUT2D eigenvalue weighted by molar-refractivity contribution is 4.59. The summed E-state index contributed by atoms with van der Waals surface area (Å²) in [5.41, 5.74) is 0. The van der Waals surface area contributed by atoms with Gasteiger partial charge in [0.25, 0.3) is 0 Å². The Bertz CT molecular complexity index is 100. The fourth-order valence-electron chi connectivity index (χ4n) is 0.671. The van der Waals surface area contributed by atoms with Gasteiger partial charge in [-0.05, 0) is 5.92 Å². The van der Waals surface area contributed by atoms with Gasteiger partial charge in [-0.2, -0.15) is 5.11 Å². The Morgan fingerprint density at radius 3 is 2.88 bits per heavy atom. The second kappa shape index (κ2) is 2.09. The molecular weight excluding hydrogens is 104 g/mol. The zero-order valence-electron chi connectivity index (χ0n) is 4.91. The van der Waals surface area contributed by atoms with Crippen LogP contribution in [0.1, 0.15) is 6.92 Å². The van der Waals surface area contributed by atoms with E-state index in [2.05, 4.69) is 17.3 Å². The van der Waals surface area contributed by atoms with Crippen molar-refractivity contribution in [3.63, 3.8) is 0 Å². The van der Waals surface area contributed by atoms with Gasteiger partial charge in [0.05, 0.1) is 13.1 Å². The van der Waals surface area contributed by atoms with Crippen molar-refractivity contribution in [3.8, 4) is 0 Å². The smallest absolute Gasteiger partial charge is 0.0664 e. The Morgan fingerprint density at radius 1 is 1.75 bits per heavy atom. The lowest BCUT2D eigenvalue weighted by molar-refractivity contribution is 0.206. The monoisotopic (exact) mass is 114 g/mol. The summed E-state index contributed by atoms with van der Waals surface area (Å²) < 4.78 is 0. The van der Waals surface area contributed by atoms with Gasteiger partial charge in [-0.1, -0.05) is 12.1 Å². The molecule has 0 aromatic heterocycles. The molecule has 0 aromatic rings. The molecule has 1 atom stereocenters. The maximum atomic E-state index is 5.30. The third-order valence-corrected chi connectivity index (χ3v) is 1.07. The highest BCUT2D eigenvalue weighted by Crippen LogP contribution is 2.03. The molecule has 4 heteroatoms. The van der Waals surface area contributed by atoms with Crippen LogP contribution in [0.2, 0.25) is 0 Å². The van der Waals surface area contributed by atoms with Crippen LogP contribution in [0.3, 0.4) is 0 Å². The van der Waals surface area contributed by atoms with E-state index in [0.717, 1.165) is 13.1 Å². The molecule has 0 aromatic carbocycles. The predicted molar refractivity (Wildman–Crippen MR) is 29.8 cm³/mol. The number of rotatable bonds is 0. The second-order valence-electron chi connectivity index (χ2n) is 2.14. The summed E-state index contributed by atoms with van der Waals surface area (Å²) in [4.78, 5) is 0. The molecule has 1 aliphatic heterocycles. The molecule has 0 amide bonds. The summed E-state index contributed by atoms with van der Waals surface area (Å²) in [6.07, 6.45) is 0. The first-order valence-corrected chi connectivity index (χ1v) is 2.68. The molecular formula is C4H10N4. The molecule has 0 fully saturated rings. The fraction of sp³-hybridized carbons (Fsp3) is 1.00. The highest BCUT2D eigenvalue weighted by atomic mass is 15.7. The third-order valence-electron chi connectivity index (χ3n) is 1.07. The van der Waals surface area contributed by atoms with Gasteiger partial charge in [0.1, 0.15) is 0 Å². The second-order valence-corrected chi connectivity index (χ2v) is 2.14. The first-order chi connectivity index (χ1) is 3.79. The standard InChI is InChI=1S/C4H10N4/c1-4-2-6-7-8(5)3-4/h4H,2-3,5H2,1H3/t4-/m0/s1. The quantitative estimate of drug-likeness (QED) is 0.457. The lowest BCUT2D eigenvalue weighted by Crippen LogP contribution is -2.33. The molecule has 1 aliphatic rings. The molecule has 4 nitrogen and oxygen atoms in total. The minimum absolute atomic E-state index is 0.553. The number of nitrogens with two attached hydrogens (primary N) is 1. The van der Waals surface area contributed by atoms with E-state index in [9.17, 15) is 0 Å². The van der Waals surface area contributed by atoms with E-state index in [-0.39, 0.29) is 0 Å². The maximum absolute atomic E-state index is 5.30. The van der Waals surface area contributed by atoms with Gasteiger partial charge < -0.3 is 0 Å². The zero-order chi connectivity index (χ0) is 5.98. The van der Waals surface area contributed by atoms with Crippen molar-refractivity contribution in [3.05, 3.63) is 0 Å². The highest BCUT2D eigenvalue weighted by Gasteiger charge is 2.08. The van der Waals surface area contributed by atoms with Crippen molar-refractivity contribution in [2.75, 3.05) is 13.1 Å². The topological polar surface area (TPSA) is 54.0 Å². The largest absolute Gasteiger partial charge is 0.230 e. The summed E-state index contributed by atoms with van der Waals surface area (Å²) in [6, 6.07) is 0. The molecule has 1 rings (SSSR count). The molecule has 2 N–H and O–H groups in total. The molecule has 0 unspecified atom stereocenters. The van der Waals surface area contributed by atoms with Gasteiger partial charge in [-0.15, -0.1) is 0 Å². The van der Waals surface area contributed by atoms with Crippen LogP contribution in [-0.2, 0) is 0 Å². The summed E-state index contributed by atoms with van der Waals surface area (Å²) in [5.74, 6) is 5.85. The molecule has 0 spiro atoms. The normalized spacial score (nSPS) is 28.8. The average molecular weight is 114 g/mol. The van der Waals surface area contributed by atoms with Crippen LogP contribution >= 0.6 is 0 Å². The van der Waals surface area contributed by atoms with E-state index in [1.54, 1.807) is 0 Å². The van der Waals surface area contributed by atoms with E-state index in [4.69, 9.17) is 5.84 Å². The van der Waals surface area contributed by atoms with Crippen molar-refractivity contribution in [1.82, 2.24) is 5.12 Å². The minimum Gasteiger partial charge on any atom is -0.230 e. The Hall–Kier alpha value is -0.640. The summed E-state index contributed by atoms with van der Waals surface area (Å²) in [6.45, 7) is 3.73. The molecule has 0 bridgehead atoms. The van der Waals surface area contributed by atoms with E-state index < -0.39 is 0 Å². The van der Waals surface area contributed by atoms with Gasteiger partial charge in [0.15, 0.2) is 0 Å². The van der Waals surface area contributed by atoms with Crippen LogP contribution in [0, 0.1) is 5.92 Å². The van der Waals surface area contributed by atoms with Gasteiger partial charge in [0.2, 0.25) is 0 Å². The van der Waals surface area contributed by atoms with Crippen LogP contribution in [0.15, 0.2) is 10.3 Å². The molecule has 8 heavy (non-hydrogen) atoms. The molecule has 0 radical (unpaired) electrons. The SMILES string of the molecule is C[C@H]1CN=NN(N)C1. The summed E-state index contributed by atoms with van der Waals surface area (Å²) in [5, 5.41) is 8.75. The minimum atomic E-state index is 0.553. The lowest BCUT2D eigenvalue weighted by Gasteiger charge is -2.18. The molecule has 46 valence electrons. The van der Waals surface area contributed by atoms with E-state index >= 15 is 0 Å². The maximum Gasteiger partial charge on any atom is 0.0664 e. The van der Waals surface area contributed by atoms with Crippen LogP contribution in [0.5, 0.6) is 0 Å². The van der Waals surface area contributed by atoms with Crippen molar-refractivity contribution >= 4 is 0 Å². The van der Waals surface area contributed by atoms with Gasteiger partial charge >= 0.3 is 0 Å². The van der Waals surface area contributed by atoms with Gasteiger partial charge in [0, 0.05) is 0 Å². The van der Waals surface area contributed by atoms with E-state index in [0.29, 0.717) is 5.92 Å². The van der Waals surface area contributed by atoms with E-state index in [1.165, 1.54) is 5.12 Å². The van der Waals surface area contributed by atoms with Crippen molar-refractivity contribution < 1.29 is 0 Å². The third kappa shape index (κ3) is 1.16. The Balaban J connectivity index is 2.42. The number of hydrogen-bond donors (Lipinski definition) is 1. The number of nitrogens with zero attached hydrogens (tertiary/aromatic N) is 3. The molecule has 0 aliphatic carbocycles. The Morgan fingerprint density at radius 2 is 2.50 bits per heavy atom. The Kier molecular flexibility index (Phi) is 1.43. The van der Waals surface area contributed by atoms with Gasteiger partial charge in [-0.3, -0.25) is 0 Å². The van der Waals surface area contributed by atoms with Crippen LogP contribution < -0.4 is 5.84 Å². The molecule has 1 heterocycles. The van der Waals surface area contributed by atoms with Crippen molar-refractivity contribution in [2.45, 2.75) is 6.92 Å². The number of hydrogen-bond acceptors (Lipinski definition) is 4. The van der Waals surface area contributed by atoms with E-state index in [1.807, 2.05) is 0 Å². The van der Waals surface area contributed by atoms with Crippen LogP contribution in [0.4, 0.5) is 0 Å².